The van der Waals surface area contributed by atoms with Crippen LogP contribution in [0.15, 0.2) is 0 Å². The van der Waals surface area contributed by atoms with E-state index < -0.39 is 103 Å². The second-order valence-corrected chi connectivity index (χ2v) is 21.1. The van der Waals surface area contributed by atoms with E-state index in [9.17, 15) is 46.0 Å². The minimum absolute atomic E-state index is 0.0311. The monoisotopic (exact) mass is 800 g/mol. The fraction of sp³-hybridized carbons (Fsp3) is 1.00. The molecule has 4 aliphatic carbocycles. The van der Waals surface area contributed by atoms with Gasteiger partial charge in [0.1, 0.15) is 48.8 Å². The molecule has 3 aliphatic heterocycles. The van der Waals surface area contributed by atoms with Crippen LogP contribution in [0.25, 0.3) is 0 Å². The van der Waals surface area contributed by atoms with Gasteiger partial charge in [0.25, 0.3) is 0 Å². The summed E-state index contributed by atoms with van der Waals surface area (Å²) in [6.45, 7) is 16.3. The van der Waals surface area contributed by atoms with Gasteiger partial charge in [-0.2, -0.15) is 0 Å². The molecule has 4 unspecified atom stereocenters. The Morgan fingerprint density at radius 2 is 1.25 bits per heavy atom. The Hall–Kier alpha value is -0.560. The van der Waals surface area contributed by atoms with Crippen molar-refractivity contribution in [1.82, 2.24) is 0 Å². The predicted octanol–water partition coefficient (Wildman–Crippen LogP) is 1.36. The maximum absolute atomic E-state index is 12.3. The number of rotatable bonds is 8. The lowest BCUT2D eigenvalue weighted by molar-refractivity contribution is -0.378. The van der Waals surface area contributed by atoms with Crippen LogP contribution in [0, 0.1) is 45.3 Å². The number of ether oxygens (including phenoxy) is 5. The lowest BCUT2D eigenvalue weighted by Crippen LogP contribution is -2.68. The summed E-state index contributed by atoms with van der Waals surface area (Å²) in [5, 5.41) is 96.5. The molecule has 7 fully saturated rings. The lowest BCUT2D eigenvalue weighted by atomic mass is 9.35. The average molecular weight is 801 g/mol. The Morgan fingerprint density at radius 1 is 0.643 bits per heavy atom. The molecule has 7 aliphatic rings. The van der Waals surface area contributed by atoms with Gasteiger partial charge in [-0.15, -0.1) is 0 Å². The zero-order chi connectivity index (χ0) is 41.1. The van der Waals surface area contributed by atoms with Crippen LogP contribution < -0.4 is 0 Å². The number of hydrogen-bond acceptors (Lipinski definition) is 14. The van der Waals surface area contributed by atoms with Gasteiger partial charge in [0.05, 0.1) is 42.7 Å². The van der Waals surface area contributed by atoms with Gasteiger partial charge < -0.3 is 69.6 Å². The zero-order valence-corrected chi connectivity index (χ0v) is 34.7. The van der Waals surface area contributed by atoms with E-state index in [4.69, 9.17) is 23.7 Å². The van der Waals surface area contributed by atoms with Gasteiger partial charge in [-0.25, -0.2) is 0 Å². The van der Waals surface area contributed by atoms with Crippen molar-refractivity contribution in [1.29, 1.82) is 0 Å². The highest BCUT2D eigenvalue weighted by atomic mass is 16.8. The SMILES string of the molecule is CC(C)(O)[C@H]1CC[C@@](C)(C2CC[C@]3(C)C2[C@H](O)CC2[C@@]4(C)CC[C@H](O[C@@H]5O[C@H](CO)[C@@H](O)[C@H](O)[C@H]5O[C@@H]5O[C@H](CO)[C@@H](O)[C@H](O)[C@H]5O)C(C)(C)C4CC[C@]23C)O1. The molecule has 0 aromatic carbocycles. The average Bonchev–Trinajstić information content (AvgIpc) is 3.73. The van der Waals surface area contributed by atoms with Crippen LogP contribution in [0.3, 0.4) is 0 Å². The normalized spacial score (nSPS) is 56.0. The molecule has 14 heteroatoms. The van der Waals surface area contributed by atoms with Gasteiger partial charge in [0.2, 0.25) is 0 Å². The number of aliphatic hydroxyl groups excluding tert-OH is 8. The smallest absolute Gasteiger partial charge is 0.187 e. The molecule has 7 rings (SSSR count). The van der Waals surface area contributed by atoms with Crippen LogP contribution >= 0.6 is 0 Å². The minimum atomic E-state index is -1.75. The van der Waals surface area contributed by atoms with Crippen LogP contribution in [0.5, 0.6) is 0 Å². The van der Waals surface area contributed by atoms with Gasteiger partial charge in [-0.05, 0) is 124 Å². The van der Waals surface area contributed by atoms with Crippen LogP contribution in [0.4, 0.5) is 0 Å². The molecule has 0 bridgehead atoms. The Balaban J connectivity index is 1.11. The van der Waals surface area contributed by atoms with Crippen molar-refractivity contribution < 1.29 is 69.6 Å². The minimum Gasteiger partial charge on any atom is -0.394 e. The van der Waals surface area contributed by atoms with Gasteiger partial charge in [-0.3, -0.25) is 0 Å². The van der Waals surface area contributed by atoms with Crippen LogP contribution in [0.1, 0.15) is 113 Å². The van der Waals surface area contributed by atoms with E-state index >= 15 is 0 Å². The molecule has 0 aromatic rings. The Bertz CT molecular complexity index is 1410. The highest BCUT2D eigenvalue weighted by Gasteiger charge is 2.72. The molecule has 21 atom stereocenters. The summed E-state index contributed by atoms with van der Waals surface area (Å²) in [4.78, 5) is 0. The van der Waals surface area contributed by atoms with Crippen molar-refractivity contribution in [3.63, 3.8) is 0 Å². The Kier molecular flexibility index (Phi) is 11.5. The van der Waals surface area contributed by atoms with Crippen molar-refractivity contribution in [2.75, 3.05) is 13.2 Å². The van der Waals surface area contributed by atoms with Crippen molar-refractivity contribution in [3.8, 4) is 0 Å². The van der Waals surface area contributed by atoms with Crippen molar-refractivity contribution in [2.24, 2.45) is 45.3 Å². The number of hydrogen-bond donors (Lipinski definition) is 9. The maximum Gasteiger partial charge on any atom is 0.187 e. The molecule has 4 saturated carbocycles. The first-order chi connectivity index (χ1) is 26.0. The highest BCUT2D eigenvalue weighted by Crippen LogP contribution is 2.76. The predicted molar refractivity (Wildman–Crippen MR) is 200 cm³/mol. The molecule has 56 heavy (non-hydrogen) atoms. The van der Waals surface area contributed by atoms with E-state index in [1.807, 2.05) is 13.8 Å². The summed E-state index contributed by atoms with van der Waals surface area (Å²) in [5.41, 5.74) is -2.03. The first-order valence-corrected chi connectivity index (χ1v) is 21.3. The van der Waals surface area contributed by atoms with Gasteiger partial charge in [-0.1, -0.05) is 34.6 Å². The maximum atomic E-state index is 12.3. The summed E-state index contributed by atoms with van der Waals surface area (Å²) in [5.74, 6) is 0.725. The third kappa shape index (κ3) is 6.58. The van der Waals surface area contributed by atoms with E-state index in [1.165, 1.54) is 0 Å². The van der Waals surface area contributed by atoms with Crippen molar-refractivity contribution >= 4 is 0 Å². The summed E-state index contributed by atoms with van der Waals surface area (Å²) >= 11 is 0. The third-order valence-corrected chi connectivity index (χ3v) is 17.5. The van der Waals surface area contributed by atoms with Crippen LogP contribution in [-0.4, -0.2) is 150 Å². The van der Waals surface area contributed by atoms with Crippen LogP contribution in [-0.2, 0) is 23.7 Å². The van der Waals surface area contributed by atoms with Gasteiger partial charge in [0.15, 0.2) is 12.6 Å². The second kappa shape index (κ2) is 14.8. The zero-order valence-electron chi connectivity index (χ0n) is 34.7. The molecular weight excluding hydrogens is 728 g/mol. The summed E-state index contributed by atoms with van der Waals surface area (Å²) in [6.07, 6.45) is -8.45. The Morgan fingerprint density at radius 3 is 1.86 bits per heavy atom. The highest BCUT2D eigenvalue weighted by molar-refractivity contribution is 5.20. The van der Waals surface area contributed by atoms with Gasteiger partial charge >= 0.3 is 0 Å². The van der Waals surface area contributed by atoms with E-state index in [2.05, 4.69) is 41.5 Å². The van der Waals surface area contributed by atoms with Gasteiger partial charge in [0, 0.05) is 0 Å². The lowest BCUT2D eigenvalue weighted by Gasteiger charge is -2.70. The number of fused-ring (bicyclic) bond motifs is 5. The standard InChI is InChI=1S/C42H72O14/c1-37(2)24-10-15-40(6)25(17-21(45)28-20(9-14-41(28,40)7)42(8)16-12-27(56-42)38(3,4)51)39(24,5)13-11-26(37)54-36-34(32(49)30(47)23(19-44)53-36)55-35-33(50)31(48)29(46)22(18-43)52-35/h20-36,43-51H,9-19H2,1-8H3/t20?,21-,22-,23-,24?,25?,26+,27-,28?,29-,30-,31+,32+,33-,34-,35+,36+,39+,40-,41-,42+/m1/s1. The molecule has 3 heterocycles. The van der Waals surface area contributed by atoms with Crippen LogP contribution in [0.2, 0.25) is 0 Å². The van der Waals surface area contributed by atoms with Crippen molar-refractivity contribution in [3.05, 3.63) is 0 Å². The topological polar surface area (TPSA) is 228 Å². The second-order valence-electron chi connectivity index (χ2n) is 21.1. The Labute approximate surface area is 331 Å². The summed E-state index contributed by atoms with van der Waals surface area (Å²) in [7, 11) is 0. The molecular formula is C42H72O14. The third-order valence-electron chi connectivity index (χ3n) is 17.5. The molecule has 324 valence electrons. The quantitative estimate of drug-likeness (QED) is 0.158. The van der Waals surface area contributed by atoms with E-state index in [0.29, 0.717) is 12.8 Å². The first kappa shape index (κ1) is 43.5. The molecule has 0 radical (unpaired) electrons. The van der Waals surface area contributed by atoms with E-state index in [1.54, 1.807) is 0 Å². The fourth-order valence-electron chi connectivity index (χ4n) is 14.1. The molecule has 0 aromatic heterocycles. The molecule has 9 N–H and O–H groups in total. The first-order valence-electron chi connectivity index (χ1n) is 21.3. The molecule has 3 saturated heterocycles. The largest absolute Gasteiger partial charge is 0.394 e. The molecule has 0 spiro atoms. The summed E-state index contributed by atoms with van der Waals surface area (Å²) in [6, 6.07) is 0. The summed E-state index contributed by atoms with van der Waals surface area (Å²) < 4.78 is 31.1. The fourth-order valence-corrected chi connectivity index (χ4v) is 14.1. The number of aliphatic hydroxyl groups is 9. The molecule has 0 amide bonds. The van der Waals surface area contributed by atoms with E-state index in [-0.39, 0.29) is 46.0 Å². The van der Waals surface area contributed by atoms with Crippen molar-refractivity contribution in [2.45, 2.75) is 204 Å². The molecule has 14 nitrogen and oxygen atoms in total. The van der Waals surface area contributed by atoms with E-state index in [0.717, 1.165) is 44.9 Å².